The maximum Gasteiger partial charge on any atom is 0.0967 e. The van der Waals surface area contributed by atoms with Gasteiger partial charge in [0.25, 0.3) is 0 Å². The number of rotatable bonds is 27. The van der Waals surface area contributed by atoms with Gasteiger partial charge in [0.1, 0.15) is 0 Å². The lowest BCUT2D eigenvalue weighted by Gasteiger charge is -2.26. The Hall–Kier alpha value is -8.58. The molecule has 10 aromatic rings. The first-order valence-electron chi connectivity index (χ1n) is 26.9. The largest absolute Gasteiger partial charge is 0.286 e. The van der Waals surface area contributed by atoms with Gasteiger partial charge in [0.15, 0.2) is 0 Å². The second-order valence-electron chi connectivity index (χ2n) is 19.5. The van der Waals surface area contributed by atoms with E-state index in [1.165, 1.54) is 33.4 Å². The van der Waals surface area contributed by atoms with Gasteiger partial charge < -0.3 is 0 Å². The molecule has 0 bridgehead atoms. The minimum atomic E-state index is 0.543. The van der Waals surface area contributed by atoms with E-state index in [2.05, 4.69) is 120 Å². The standard InChI is InChI=1S/C60H66N18/c1-4-55-58(43-76-40-52(67-70-76)37-73(31-46-19-7-13-25-61-46)32-47-20-8-14-26-62-47)56(5-2)60(45-78-42-54(69-72-78)39-75(35-50-23-11-17-29-65-50)36-51-24-12-18-30-66-51)57(6-3)59(55)44-77-41-53(68-71-77)38-74(33-48-21-9-15-27-63-48)34-49-22-10-16-28-64-49/h7-30,40-42H,4-6,31-39,43-45H2,1-3H3. The van der Waals surface area contributed by atoms with Crippen LogP contribution < -0.4 is 0 Å². The predicted octanol–water partition coefficient (Wildman–Crippen LogP) is 8.27. The molecule has 0 aliphatic carbocycles. The highest BCUT2D eigenvalue weighted by Crippen LogP contribution is 2.33. The maximum absolute atomic E-state index is 4.81. The van der Waals surface area contributed by atoms with E-state index in [1.807, 2.05) is 124 Å². The molecule has 18 heteroatoms. The van der Waals surface area contributed by atoms with Crippen LogP contribution in [0.1, 0.15) is 105 Å². The summed E-state index contributed by atoms with van der Waals surface area (Å²) in [5.74, 6) is 0. The van der Waals surface area contributed by atoms with E-state index in [-0.39, 0.29) is 0 Å². The number of hydrogen-bond donors (Lipinski definition) is 0. The molecule has 0 amide bonds. The average Bonchev–Trinajstić information content (AvgIpc) is 4.34. The van der Waals surface area contributed by atoms with Crippen LogP contribution in [0.25, 0.3) is 0 Å². The first-order valence-corrected chi connectivity index (χ1v) is 26.9. The SMILES string of the molecule is CCc1c(Cn2cc(CN(Cc3ccccn3)Cc3ccccn3)nn2)c(CC)c(Cn2cc(CN(Cc3ccccn3)Cc3ccccn3)nn2)c(CC)c1Cn1cc(CN(Cc2ccccn2)Cc2ccccn2)nn1. The summed E-state index contributed by atoms with van der Waals surface area (Å²) in [6, 6.07) is 36.2. The monoisotopic (exact) mass is 1040 g/mol. The van der Waals surface area contributed by atoms with Crippen molar-refractivity contribution in [2.24, 2.45) is 0 Å². The van der Waals surface area contributed by atoms with E-state index in [0.717, 1.165) is 70.5 Å². The summed E-state index contributed by atoms with van der Waals surface area (Å²) in [4.78, 5) is 34.8. The van der Waals surface area contributed by atoms with Gasteiger partial charge in [-0.15, -0.1) is 15.3 Å². The van der Waals surface area contributed by atoms with E-state index < -0.39 is 0 Å². The van der Waals surface area contributed by atoms with Gasteiger partial charge in [-0.25, -0.2) is 14.0 Å². The van der Waals surface area contributed by atoms with Crippen molar-refractivity contribution < 1.29 is 0 Å². The molecule has 9 aromatic heterocycles. The third-order valence-electron chi connectivity index (χ3n) is 13.8. The van der Waals surface area contributed by atoms with Crippen molar-refractivity contribution in [1.29, 1.82) is 0 Å². The molecule has 0 aliphatic rings. The number of benzene rings is 1. The lowest BCUT2D eigenvalue weighted by atomic mass is 9.83. The number of nitrogens with zero attached hydrogens (tertiary/aromatic N) is 18. The summed E-state index contributed by atoms with van der Waals surface area (Å²) >= 11 is 0. The molecular formula is C60H66N18. The van der Waals surface area contributed by atoms with Crippen LogP contribution in [0.15, 0.2) is 165 Å². The molecule has 18 nitrogen and oxygen atoms in total. The van der Waals surface area contributed by atoms with Crippen LogP contribution in [0.2, 0.25) is 0 Å². The highest BCUT2D eigenvalue weighted by atomic mass is 15.4. The number of aromatic nitrogens is 15. The van der Waals surface area contributed by atoms with Crippen molar-refractivity contribution in [2.75, 3.05) is 0 Å². The third kappa shape index (κ3) is 14.3. The summed E-state index contributed by atoms with van der Waals surface area (Å²) in [5, 5.41) is 28.8. The Morgan fingerprint density at radius 3 is 0.692 bits per heavy atom. The van der Waals surface area contributed by atoms with Crippen molar-refractivity contribution in [3.8, 4) is 0 Å². The third-order valence-corrected chi connectivity index (χ3v) is 13.8. The van der Waals surface area contributed by atoms with E-state index in [9.17, 15) is 0 Å². The molecule has 0 aliphatic heterocycles. The van der Waals surface area contributed by atoms with E-state index in [4.69, 9.17) is 30.9 Å². The lowest BCUT2D eigenvalue weighted by molar-refractivity contribution is 0.238. The number of hydrogen-bond acceptors (Lipinski definition) is 15. The van der Waals surface area contributed by atoms with Crippen LogP contribution in [0, 0.1) is 0 Å². The zero-order valence-electron chi connectivity index (χ0n) is 44.7. The second-order valence-corrected chi connectivity index (χ2v) is 19.5. The Bertz CT molecular complexity index is 2880. The van der Waals surface area contributed by atoms with E-state index >= 15 is 0 Å². The highest BCUT2D eigenvalue weighted by Gasteiger charge is 2.25. The van der Waals surface area contributed by atoms with Crippen molar-refractivity contribution in [1.82, 2.24) is 89.6 Å². The molecule has 0 unspecified atom stereocenters. The molecule has 0 fully saturated rings. The molecule has 0 spiro atoms. The molecule has 78 heavy (non-hydrogen) atoms. The van der Waals surface area contributed by atoms with Gasteiger partial charge in [-0.1, -0.05) is 72.8 Å². The van der Waals surface area contributed by atoms with Crippen molar-refractivity contribution in [3.63, 3.8) is 0 Å². The molecule has 0 saturated heterocycles. The maximum atomic E-state index is 4.81. The van der Waals surface area contributed by atoms with Crippen LogP contribution >= 0.6 is 0 Å². The van der Waals surface area contributed by atoms with Crippen molar-refractivity contribution in [3.05, 3.63) is 250 Å². The van der Waals surface area contributed by atoms with Gasteiger partial charge in [-0.05, 0) is 125 Å². The topological polar surface area (TPSA) is 179 Å². The Balaban J connectivity index is 0.973. The summed E-state index contributed by atoms with van der Waals surface area (Å²) in [5.41, 5.74) is 16.1. The van der Waals surface area contributed by atoms with Gasteiger partial charge in [0.05, 0.1) is 89.5 Å². The minimum absolute atomic E-state index is 0.543. The summed E-state index contributed by atoms with van der Waals surface area (Å²) in [7, 11) is 0. The van der Waals surface area contributed by atoms with Gasteiger partial charge >= 0.3 is 0 Å². The van der Waals surface area contributed by atoms with Crippen molar-refractivity contribution in [2.45, 2.75) is 119 Å². The van der Waals surface area contributed by atoms with E-state index in [0.29, 0.717) is 78.5 Å². The van der Waals surface area contributed by atoms with Crippen molar-refractivity contribution >= 4 is 0 Å². The minimum Gasteiger partial charge on any atom is -0.286 e. The second kappa shape index (κ2) is 26.5. The fraction of sp³-hybridized carbons (Fsp3) is 0.300. The van der Waals surface area contributed by atoms with Gasteiger partial charge in [0.2, 0.25) is 0 Å². The Morgan fingerprint density at radius 1 is 0.282 bits per heavy atom. The Kier molecular flexibility index (Phi) is 17.9. The Labute approximate surface area is 455 Å². The zero-order valence-corrected chi connectivity index (χ0v) is 44.7. The average molecular weight is 1040 g/mol. The molecule has 0 atom stereocenters. The highest BCUT2D eigenvalue weighted by molar-refractivity contribution is 5.53. The molecule has 10 rings (SSSR count). The fourth-order valence-electron chi connectivity index (χ4n) is 10.4. The molecule has 0 saturated carbocycles. The quantitative estimate of drug-likeness (QED) is 0.0480. The van der Waals surface area contributed by atoms with Crippen LogP contribution in [-0.4, -0.2) is 89.6 Å². The van der Waals surface area contributed by atoms with Gasteiger partial charge in [0, 0.05) is 96.1 Å². The molecule has 9 heterocycles. The fourth-order valence-corrected chi connectivity index (χ4v) is 10.4. The number of pyridine rings is 6. The van der Waals surface area contributed by atoms with Gasteiger partial charge in [-0.2, -0.15) is 0 Å². The molecule has 0 radical (unpaired) electrons. The molecule has 396 valence electrons. The van der Waals surface area contributed by atoms with Crippen LogP contribution in [0.3, 0.4) is 0 Å². The summed E-state index contributed by atoms with van der Waals surface area (Å²) < 4.78 is 6.00. The first-order chi connectivity index (χ1) is 38.4. The lowest BCUT2D eigenvalue weighted by Crippen LogP contribution is -2.23. The molecular weight excluding hydrogens is 973 g/mol. The Morgan fingerprint density at radius 2 is 0.500 bits per heavy atom. The molecule has 1 aromatic carbocycles. The first kappa shape index (κ1) is 52.8. The normalized spacial score (nSPS) is 11.6. The van der Waals surface area contributed by atoms with Crippen LogP contribution in [0.4, 0.5) is 0 Å². The summed E-state index contributed by atoms with van der Waals surface area (Å²) in [6.07, 6.45) is 19.7. The zero-order chi connectivity index (χ0) is 53.3. The summed E-state index contributed by atoms with van der Waals surface area (Å²) in [6.45, 7) is 14.0. The molecule has 0 N–H and O–H groups in total. The van der Waals surface area contributed by atoms with Crippen LogP contribution in [0.5, 0.6) is 0 Å². The van der Waals surface area contributed by atoms with Gasteiger partial charge in [-0.3, -0.25) is 44.6 Å². The van der Waals surface area contributed by atoms with E-state index in [1.54, 1.807) is 0 Å². The van der Waals surface area contributed by atoms with Crippen LogP contribution in [-0.2, 0) is 97.8 Å². The smallest absolute Gasteiger partial charge is 0.0967 e. The predicted molar refractivity (Wildman–Crippen MR) is 296 cm³/mol.